The average molecular weight is 213 g/mol. The van der Waals surface area contributed by atoms with Crippen molar-refractivity contribution >= 4 is 35.4 Å². The van der Waals surface area contributed by atoms with Crippen molar-refractivity contribution in [3.63, 3.8) is 0 Å². The highest BCUT2D eigenvalue weighted by Gasteiger charge is 2.18. The predicted molar refractivity (Wildman–Crippen MR) is 53.6 cm³/mol. The molecule has 1 aromatic carbocycles. The van der Waals surface area contributed by atoms with Gasteiger partial charge in [-0.1, -0.05) is 23.2 Å². The van der Waals surface area contributed by atoms with Crippen molar-refractivity contribution < 1.29 is 0 Å². The van der Waals surface area contributed by atoms with Crippen LogP contribution in [0.4, 0.5) is 0 Å². The van der Waals surface area contributed by atoms with Gasteiger partial charge in [-0.25, -0.2) is 0 Å². The maximum Gasteiger partial charge on any atom is 0.344 e. The standard InChI is InChI=1S/C8H4Cl2N3/c9-6-1-5(2-7(10)3-6)8-11-4-12-13-8/h1-3H,(H,11,12,13)/q+1. The number of halogens is 2. The van der Waals surface area contributed by atoms with Crippen molar-refractivity contribution in [1.29, 1.82) is 0 Å². The fourth-order valence-corrected chi connectivity index (χ4v) is 1.52. The van der Waals surface area contributed by atoms with Gasteiger partial charge in [0.05, 0.1) is 0 Å². The summed E-state index contributed by atoms with van der Waals surface area (Å²) in [6.45, 7) is 0. The van der Waals surface area contributed by atoms with E-state index in [1.807, 2.05) is 0 Å². The third-order valence-corrected chi connectivity index (χ3v) is 1.93. The molecule has 13 heavy (non-hydrogen) atoms. The van der Waals surface area contributed by atoms with E-state index in [1.54, 1.807) is 18.2 Å². The van der Waals surface area contributed by atoms with Crippen LogP contribution in [0.25, 0.3) is 0 Å². The molecular formula is C8H4Cl2N3+. The molecule has 0 unspecified atom stereocenters. The summed E-state index contributed by atoms with van der Waals surface area (Å²) >= 11 is 11.6. The minimum atomic E-state index is 0.532. The van der Waals surface area contributed by atoms with E-state index in [0.29, 0.717) is 15.9 Å². The Labute approximate surface area is 85.1 Å². The van der Waals surface area contributed by atoms with Crippen molar-refractivity contribution in [3.8, 4) is 0 Å². The van der Waals surface area contributed by atoms with Gasteiger partial charge in [0, 0.05) is 15.0 Å². The van der Waals surface area contributed by atoms with Crippen LogP contribution in [-0.2, 0) is 0 Å². The smallest absolute Gasteiger partial charge is 0.112 e. The highest BCUT2D eigenvalue weighted by atomic mass is 35.5. The van der Waals surface area contributed by atoms with E-state index in [1.165, 1.54) is 0 Å². The van der Waals surface area contributed by atoms with E-state index in [4.69, 9.17) is 23.2 Å². The molecule has 64 valence electrons. The molecule has 2 rings (SSSR count). The van der Waals surface area contributed by atoms with Gasteiger partial charge in [0.2, 0.25) is 0 Å². The number of nitrogens with one attached hydrogen (secondary N) is 1. The molecule has 0 spiro atoms. The second kappa shape index (κ2) is 3.30. The molecule has 0 bridgehead atoms. The maximum atomic E-state index is 5.81. The van der Waals surface area contributed by atoms with E-state index in [2.05, 4.69) is 21.9 Å². The highest BCUT2D eigenvalue weighted by molar-refractivity contribution is 6.35. The van der Waals surface area contributed by atoms with Gasteiger partial charge >= 0.3 is 12.2 Å². The quantitative estimate of drug-likeness (QED) is 0.713. The largest absolute Gasteiger partial charge is 0.344 e. The molecule has 1 aromatic rings. The molecule has 1 heterocycles. The van der Waals surface area contributed by atoms with Gasteiger partial charge in [-0.3, -0.25) is 0 Å². The SMILES string of the molecule is Clc1cc(Cl)cc(C2=NN[C+]=N2)c1. The third kappa shape index (κ3) is 1.78. The lowest BCUT2D eigenvalue weighted by molar-refractivity contribution is 1.08. The van der Waals surface area contributed by atoms with Crippen LogP contribution in [0.3, 0.4) is 0 Å². The van der Waals surface area contributed by atoms with E-state index in [-0.39, 0.29) is 0 Å². The minimum absolute atomic E-state index is 0.532. The van der Waals surface area contributed by atoms with Gasteiger partial charge in [0.15, 0.2) is 0 Å². The lowest BCUT2D eigenvalue weighted by Crippen LogP contribution is -1.96. The fraction of sp³-hybridized carbons (Fsp3) is 0. The lowest BCUT2D eigenvalue weighted by Gasteiger charge is -1.93. The van der Waals surface area contributed by atoms with Crippen LogP contribution in [0.1, 0.15) is 5.56 Å². The molecule has 1 aliphatic heterocycles. The summed E-state index contributed by atoms with van der Waals surface area (Å²) in [5.74, 6) is 0.532. The van der Waals surface area contributed by atoms with E-state index in [9.17, 15) is 0 Å². The second-order valence-electron chi connectivity index (χ2n) is 2.43. The molecule has 1 N–H and O–H groups in total. The summed E-state index contributed by atoms with van der Waals surface area (Å²) in [4.78, 5) is 3.86. The number of benzene rings is 1. The monoisotopic (exact) mass is 212 g/mol. The van der Waals surface area contributed by atoms with Crippen molar-refractivity contribution in [1.82, 2.24) is 5.43 Å². The first-order chi connectivity index (χ1) is 6.25. The number of rotatable bonds is 1. The molecular weight excluding hydrogens is 209 g/mol. The second-order valence-corrected chi connectivity index (χ2v) is 3.30. The Kier molecular flexibility index (Phi) is 2.15. The Morgan fingerprint density at radius 2 is 1.85 bits per heavy atom. The van der Waals surface area contributed by atoms with Crippen LogP contribution in [0.15, 0.2) is 28.3 Å². The first-order valence-electron chi connectivity index (χ1n) is 3.50. The topological polar surface area (TPSA) is 36.8 Å². The van der Waals surface area contributed by atoms with Gasteiger partial charge in [0.1, 0.15) is 5.56 Å². The van der Waals surface area contributed by atoms with Crippen LogP contribution >= 0.6 is 23.2 Å². The molecule has 0 radical (unpaired) electrons. The summed E-state index contributed by atoms with van der Waals surface area (Å²) in [5.41, 5.74) is 3.27. The summed E-state index contributed by atoms with van der Waals surface area (Å²) in [5, 5.41) is 4.98. The molecule has 0 saturated heterocycles. The fourth-order valence-electron chi connectivity index (χ4n) is 0.993. The van der Waals surface area contributed by atoms with Gasteiger partial charge in [-0.15, -0.1) is 5.43 Å². The van der Waals surface area contributed by atoms with Crippen molar-refractivity contribution in [2.45, 2.75) is 0 Å². The zero-order valence-corrected chi connectivity index (χ0v) is 7.89. The molecule has 5 heteroatoms. The van der Waals surface area contributed by atoms with Crippen molar-refractivity contribution in [2.75, 3.05) is 0 Å². The van der Waals surface area contributed by atoms with Crippen LogP contribution < -0.4 is 5.43 Å². The zero-order chi connectivity index (χ0) is 9.26. The van der Waals surface area contributed by atoms with Gasteiger partial charge in [0.25, 0.3) is 0 Å². The maximum absolute atomic E-state index is 5.81. The summed E-state index contributed by atoms with van der Waals surface area (Å²) < 4.78 is 0. The summed E-state index contributed by atoms with van der Waals surface area (Å²) in [6, 6.07) is 5.14. The number of aliphatic imine (C=N–C) groups is 1. The first kappa shape index (κ1) is 8.45. The van der Waals surface area contributed by atoms with Crippen LogP contribution in [0.2, 0.25) is 10.0 Å². The van der Waals surface area contributed by atoms with Gasteiger partial charge in [-0.2, -0.15) is 0 Å². The third-order valence-electron chi connectivity index (χ3n) is 1.49. The molecule has 1 aliphatic rings. The van der Waals surface area contributed by atoms with Crippen LogP contribution in [0, 0.1) is 0 Å². The Morgan fingerprint density at radius 3 is 2.38 bits per heavy atom. The Hall–Kier alpha value is -1.15. The van der Waals surface area contributed by atoms with Crippen LogP contribution in [0.5, 0.6) is 0 Å². The summed E-state index contributed by atoms with van der Waals surface area (Å²) in [6.07, 6.45) is 2.49. The average Bonchev–Trinajstić information content (AvgIpc) is 2.53. The molecule has 0 aromatic heterocycles. The number of nitrogens with zero attached hydrogens (tertiary/aromatic N) is 2. The van der Waals surface area contributed by atoms with Crippen molar-refractivity contribution in [3.05, 3.63) is 33.8 Å². The minimum Gasteiger partial charge on any atom is -0.112 e. The number of hydrazone groups is 1. The number of hydrogen-bond acceptors (Lipinski definition) is 3. The molecule has 0 atom stereocenters. The van der Waals surface area contributed by atoms with Gasteiger partial charge in [-0.05, 0) is 23.3 Å². The Morgan fingerprint density at radius 1 is 1.15 bits per heavy atom. The summed E-state index contributed by atoms with van der Waals surface area (Å²) in [7, 11) is 0. The molecule has 0 saturated carbocycles. The zero-order valence-electron chi connectivity index (χ0n) is 6.38. The predicted octanol–water partition coefficient (Wildman–Crippen LogP) is 2.16. The van der Waals surface area contributed by atoms with Crippen LogP contribution in [-0.4, -0.2) is 12.2 Å². The van der Waals surface area contributed by atoms with E-state index < -0.39 is 0 Å². The molecule has 3 nitrogen and oxygen atoms in total. The van der Waals surface area contributed by atoms with E-state index >= 15 is 0 Å². The van der Waals surface area contributed by atoms with Crippen molar-refractivity contribution in [2.24, 2.45) is 10.1 Å². The molecule has 0 aliphatic carbocycles. The molecule has 0 amide bonds. The molecule has 0 fully saturated rings. The Balaban J connectivity index is 2.45. The Bertz CT molecular complexity index is 378. The lowest BCUT2D eigenvalue weighted by atomic mass is 10.2. The van der Waals surface area contributed by atoms with E-state index in [0.717, 1.165) is 5.56 Å². The van der Waals surface area contributed by atoms with Gasteiger partial charge < -0.3 is 0 Å². The number of amidine groups is 1. The highest BCUT2D eigenvalue weighted by Crippen LogP contribution is 2.20. The number of hydrogen-bond donors (Lipinski definition) is 1. The first-order valence-corrected chi connectivity index (χ1v) is 4.26. The normalized spacial score (nSPS) is 13.5.